The highest BCUT2D eigenvalue weighted by molar-refractivity contribution is 5.86. The Balaban J connectivity index is 1.61. The van der Waals surface area contributed by atoms with Gasteiger partial charge in [0.25, 0.3) is 0 Å². The fourth-order valence-electron chi connectivity index (χ4n) is 8.45. The van der Waals surface area contributed by atoms with Gasteiger partial charge in [-0.25, -0.2) is 4.79 Å². The summed E-state index contributed by atoms with van der Waals surface area (Å²) >= 11 is 0. The summed E-state index contributed by atoms with van der Waals surface area (Å²) in [5.41, 5.74) is 1.03. The minimum Gasteiger partial charge on any atom is -0.460 e. The number of hydrogen-bond donors (Lipinski definition) is 2. The summed E-state index contributed by atoms with van der Waals surface area (Å²) in [5, 5.41) is 21.9. The average molecular weight is 700 g/mol. The van der Waals surface area contributed by atoms with Crippen molar-refractivity contribution in [3.05, 3.63) is 36.0 Å². The highest BCUT2D eigenvalue weighted by Crippen LogP contribution is 2.38. The molecule has 3 aliphatic heterocycles. The van der Waals surface area contributed by atoms with Crippen LogP contribution < -0.4 is 0 Å². The number of allylic oxidation sites excluding steroid dienone is 5. The van der Waals surface area contributed by atoms with Crippen LogP contribution in [0.15, 0.2) is 36.0 Å². The molecule has 2 bridgehead atoms. The predicted molar refractivity (Wildman–Crippen MR) is 194 cm³/mol. The van der Waals surface area contributed by atoms with E-state index in [4.69, 9.17) is 14.2 Å². The van der Waals surface area contributed by atoms with Crippen molar-refractivity contribution < 1.29 is 38.8 Å². The summed E-state index contributed by atoms with van der Waals surface area (Å²) in [6.45, 7) is 10.5. The van der Waals surface area contributed by atoms with Gasteiger partial charge in [-0.1, -0.05) is 58.1 Å². The molecule has 282 valence electrons. The molecule has 1 unspecified atom stereocenters. The predicted octanol–water partition coefficient (Wildman–Crippen LogP) is 6.85. The van der Waals surface area contributed by atoms with E-state index >= 15 is 0 Å². The molecule has 9 nitrogen and oxygen atoms in total. The Bertz CT molecular complexity index is 1220. The second kappa shape index (κ2) is 19.0. The van der Waals surface area contributed by atoms with Crippen LogP contribution in [0.1, 0.15) is 125 Å². The van der Waals surface area contributed by atoms with Gasteiger partial charge < -0.3 is 29.3 Å². The molecule has 4 aliphatic rings. The minimum absolute atomic E-state index is 0.0541. The van der Waals surface area contributed by atoms with Crippen molar-refractivity contribution in [2.45, 2.75) is 161 Å². The minimum atomic E-state index is -1.66. The first-order valence-corrected chi connectivity index (χ1v) is 19.4. The highest BCUT2D eigenvalue weighted by atomic mass is 16.6. The highest BCUT2D eigenvalue weighted by Gasteiger charge is 2.46. The third kappa shape index (κ3) is 11.3. The van der Waals surface area contributed by atoms with Crippen LogP contribution in [0.3, 0.4) is 0 Å². The van der Waals surface area contributed by atoms with Crippen LogP contribution >= 0.6 is 0 Å². The lowest BCUT2D eigenvalue weighted by atomic mass is 9.79. The Morgan fingerprint density at radius 3 is 2.44 bits per heavy atom. The van der Waals surface area contributed by atoms with E-state index in [2.05, 4.69) is 19.9 Å². The summed E-state index contributed by atoms with van der Waals surface area (Å²) in [5.74, 6) is -2.32. The van der Waals surface area contributed by atoms with E-state index in [1.807, 2.05) is 45.1 Å². The van der Waals surface area contributed by atoms with Gasteiger partial charge in [0.15, 0.2) is 5.79 Å². The van der Waals surface area contributed by atoms with Crippen molar-refractivity contribution in [2.75, 3.05) is 13.7 Å². The summed E-state index contributed by atoms with van der Waals surface area (Å²) in [7, 11) is 1.67. The largest absolute Gasteiger partial charge is 0.460 e. The second-order valence-corrected chi connectivity index (χ2v) is 16.1. The monoisotopic (exact) mass is 699 g/mol. The molecule has 3 fully saturated rings. The van der Waals surface area contributed by atoms with Crippen LogP contribution in [0.5, 0.6) is 0 Å². The smallest absolute Gasteiger partial charge is 0.329 e. The zero-order valence-electron chi connectivity index (χ0n) is 31.6. The molecule has 0 radical (unpaired) electrons. The van der Waals surface area contributed by atoms with Gasteiger partial charge in [0.05, 0.1) is 24.7 Å². The zero-order chi connectivity index (χ0) is 36.4. The van der Waals surface area contributed by atoms with E-state index in [-0.39, 0.29) is 66.5 Å². The lowest BCUT2D eigenvalue weighted by Crippen LogP contribution is -2.55. The van der Waals surface area contributed by atoms with Crippen LogP contribution in [0.25, 0.3) is 0 Å². The van der Waals surface area contributed by atoms with Gasteiger partial charge in [-0.3, -0.25) is 9.59 Å². The number of fused-ring (bicyclic) bond motifs is 3. The Kier molecular flexibility index (Phi) is 15.3. The molecule has 2 N–H and O–H groups in total. The molecule has 0 aromatic heterocycles. The Morgan fingerprint density at radius 1 is 0.980 bits per heavy atom. The van der Waals surface area contributed by atoms with E-state index in [0.717, 1.165) is 56.9 Å². The molecule has 3 heterocycles. The normalized spacial score (nSPS) is 40.5. The Labute approximate surface area is 300 Å². The van der Waals surface area contributed by atoms with Crippen molar-refractivity contribution >= 4 is 17.7 Å². The van der Waals surface area contributed by atoms with E-state index in [1.165, 1.54) is 0 Å². The number of cyclic esters (lactones) is 1. The number of piperidine rings is 1. The maximum Gasteiger partial charge on any atom is 0.329 e. The third-order valence-corrected chi connectivity index (χ3v) is 12.0. The first-order chi connectivity index (χ1) is 23.8. The Hall–Kier alpha value is -2.33. The SMILES string of the molecule is CO[C@H]1C[C@@H]2CC[C@@H](C)[C@](O)(CC(=O)N3CCCC[C@H]3C(=O)OC([C@H](C)CC3CCC(O)CC3)CC(=O)[C@H](C)C[C@H](C)/C=C/C=C/C=C/1C)O2. The first-order valence-electron chi connectivity index (χ1n) is 19.4. The first kappa shape index (κ1) is 40.4. The summed E-state index contributed by atoms with van der Waals surface area (Å²) in [4.78, 5) is 43.3. The lowest BCUT2D eigenvalue weighted by Gasteiger charge is -2.44. The number of carbonyl (C=O) groups is 3. The average Bonchev–Trinajstić information content (AvgIpc) is 3.08. The number of carbonyl (C=O) groups excluding carboxylic acids is 3. The van der Waals surface area contributed by atoms with Gasteiger partial charge in [0.1, 0.15) is 17.9 Å². The van der Waals surface area contributed by atoms with Crippen LogP contribution in [-0.4, -0.2) is 82.7 Å². The number of ether oxygens (including phenoxy) is 3. The molecule has 0 aromatic rings. The van der Waals surface area contributed by atoms with Crippen molar-refractivity contribution in [1.82, 2.24) is 4.90 Å². The van der Waals surface area contributed by atoms with E-state index in [1.54, 1.807) is 12.0 Å². The number of ketones is 1. The topological polar surface area (TPSA) is 123 Å². The van der Waals surface area contributed by atoms with Gasteiger partial charge >= 0.3 is 5.97 Å². The fourth-order valence-corrected chi connectivity index (χ4v) is 8.45. The molecule has 0 aromatic carbocycles. The number of hydrogen-bond acceptors (Lipinski definition) is 8. The molecule has 9 atom stereocenters. The number of rotatable bonds is 4. The molecular weight excluding hydrogens is 634 g/mol. The maximum absolute atomic E-state index is 14.0. The van der Waals surface area contributed by atoms with E-state index in [0.29, 0.717) is 38.1 Å². The number of Topliss-reactive ketones (excluding diaryl/α,β-unsaturated/α-hetero) is 1. The number of amides is 1. The van der Waals surface area contributed by atoms with E-state index in [9.17, 15) is 24.6 Å². The zero-order valence-corrected chi connectivity index (χ0v) is 31.6. The maximum atomic E-state index is 14.0. The molecule has 1 aliphatic carbocycles. The summed E-state index contributed by atoms with van der Waals surface area (Å²) in [6.07, 6.45) is 17.6. The molecular formula is C41H65NO8. The number of nitrogens with zero attached hydrogens (tertiary/aromatic N) is 1. The number of methoxy groups -OCH3 is 1. The van der Waals surface area contributed by atoms with Gasteiger partial charge in [-0.05, 0) is 101 Å². The standard InChI is InChI=1S/C41H65NO8/c1-27-12-8-7-9-13-28(2)37(48-6)24-34-20-15-31(5)41(47,50-34)26-39(45)42-21-11-10-14-35(42)40(46)49-38(25-36(44)29(3)22-27)30(4)23-32-16-18-33(43)19-17-32/h7-9,12-13,27,29-35,37-38,43,47H,10-11,14-26H2,1-6H3/b9-7+,12-8+,28-13+/t27-,29-,30-,31-,32?,33?,34+,35+,37+,38?,41+/m1/s1. The van der Waals surface area contributed by atoms with Crippen LogP contribution in [0.4, 0.5) is 0 Å². The van der Waals surface area contributed by atoms with E-state index < -0.39 is 23.9 Å². The van der Waals surface area contributed by atoms with Crippen LogP contribution in [0.2, 0.25) is 0 Å². The Morgan fingerprint density at radius 2 is 1.72 bits per heavy atom. The number of aliphatic hydroxyl groups is 2. The molecule has 0 spiro atoms. The molecule has 4 rings (SSSR count). The number of aliphatic hydroxyl groups excluding tert-OH is 1. The van der Waals surface area contributed by atoms with Crippen LogP contribution in [0, 0.1) is 29.6 Å². The van der Waals surface area contributed by atoms with Gasteiger partial charge in [0, 0.05) is 38.3 Å². The quantitative estimate of drug-likeness (QED) is 0.306. The van der Waals surface area contributed by atoms with Crippen molar-refractivity contribution in [3.8, 4) is 0 Å². The molecule has 1 saturated carbocycles. The summed E-state index contributed by atoms with van der Waals surface area (Å²) < 4.78 is 18.4. The fraction of sp³-hybridized carbons (Fsp3) is 0.780. The second-order valence-electron chi connectivity index (χ2n) is 16.1. The van der Waals surface area contributed by atoms with Crippen molar-refractivity contribution in [2.24, 2.45) is 29.6 Å². The summed E-state index contributed by atoms with van der Waals surface area (Å²) in [6, 6.07) is -0.772. The third-order valence-electron chi connectivity index (χ3n) is 12.0. The molecule has 9 heteroatoms. The van der Waals surface area contributed by atoms with Crippen molar-refractivity contribution in [3.63, 3.8) is 0 Å². The molecule has 1 amide bonds. The van der Waals surface area contributed by atoms with Gasteiger partial charge in [-0.15, -0.1) is 0 Å². The lowest BCUT2D eigenvalue weighted by molar-refractivity contribution is -0.284. The van der Waals surface area contributed by atoms with Crippen molar-refractivity contribution in [1.29, 1.82) is 0 Å². The molecule has 50 heavy (non-hydrogen) atoms. The van der Waals surface area contributed by atoms with Crippen LogP contribution in [-0.2, 0) is 28.6 Å². The van der Waals surface area contributed by atoms with Gasteiger partial charge in [0.2, 0.25) is 5.91 Å². The number of esters is 1. The van der Waals surface area contributed by atoms with Gasteiger partial charge in [-0.2, -0.15) is 0 Å². The molecule has 2 saturated heterocycles.